The van der Waals surface area contributed by atoms with Crippen molar-refractivity contribution in [3.8, 4) is 0 Å². The number of hydrogen-bond donors (Lipinski definition) is 2. The second-order valence-corrected chi connectivity index (χ2v) is 5.93. The number of aromatic nitrogens is 2. The summed E-state index contributed by atoms with van der Waals surface area (Å²) in [5, 5.41) is 3.29. The monoisotopic (exact) mass is 293 g/mol. The van der Waals surface area contributed by atoms with E-state index in [4.69, 9.17) is 0 Å². The van der Waals surface area contributed by atoms with Crippen LogP contribution >= 0.6 is 0 Å². The van der Waals surface area contributed by atoms with Gasteiger partial charge in [0.25, 0.3) is 0 Å². The van der Waals surface area contributed by atoms with E-state index >= 15 is 0 Å². The van der Waals surface area contributed by atoms with Gasteiger partial charge in [-0.15, -0.1) is 0 Å². The molecule has 3 atom stereocenters. The van der Waals surface area contributed by atoms with Crippen molar-refractivity contribution in [2.75, 3.05) is 0 Å². The second-order valence-electron chi connectivity index (χ2n) is 5.93. The number of carbonyl (C=O) groups is 2. The quantitative estimate of drug-likeness (QED) is 0.732. The fourth-order valence-electron chi connectivity index (χ4n) is 2.22. The van der Waals surface area contributed by atoms with Crippen molar-refractivity contribution in [1.82, 2.24) is 15.3 Å². The Bertz CT molecular complexity index is 470. The van der Waals surface area contributed by atoms with E-state index in [1.807, 2.05) is 27.7 Å². The molecule has 1 aromatic rings. The molecule has 0 bridgehead atoms. The van der Waals surface area contributed by atoms with E-state index in [1.165, 1.54) is 0 Å². The molecule has 0 saturated heterocycles. The minimum Gasteiger partial charge on any atom is -0.348 e. The molecule has 0 aliphatic carbocycles. The molecule has 1 aromatic heterocycles. The van der Waals surface area contributed by atoms with Gasteiger partial charge in [-0.1, -0.05) is 20.8 Å². The van der Waals surface area contributed by atoms with Gasteiger partial charge in [0, 0.05) is 24.2 Å². The SMILES string of the molecule is CCC(C)C(=O)C(Cc1cnc[nH]1)N[C@@](C)(CC)C(C)=O. The lowest BCUT2D eigenvalue weighted by atomic mass is 9.88. The maximum Gasteiger partial charge on any atom is 0.152 e. The summed E-state index contributed by atoms with van der Waals surface area (Å²) in [5.41, 5.74) is 0.222. The number of nitrogens with zero attached hydrogens (tertiary/aromatic N) is 1. The minimum atomic E-state index is -0.673. The largest absolute Gasteiger partial charge is 0.348 e. The normalized spacial score (nSPS) is 17.0. The van der Waals surface area contributed by atoms with E-state index in [0.29, 0.717) is 12.8 Å². The molecule has 1 rings (SSSR count). The van der Waals surface area contributed by atoms with Gasteiger partial charge in [-0.05, 0) is 26.7 Å². The van der Waals surface area contributed by atoms with Crippen molar-refractivity contribution >= 4 is 11.6 Å². The van der Waals surface area contributed by atoms with Gasteiger partial charge in [-0.2, -0.15) is 0 Å². The summed E-state index contributed by atoms with van der Waals surface area (Å²) in [6.45, 7) is 9.31. The summed E-state index contributed by atoms with van der Waals surface area (Å²) in [5.74, 6) is 0.170. The van der Waals surface area contributed by atoms with Crippen LogP contribution in [0.2, 0.25) is 0 Å². The first-order chi connectivity index (χ1) is 9.84. The van der Waals surface area contributed by atoms with Gasteiger partial charge in [0.2, 0.25) is 0 Å². The summed E-state index contributed by atoms with van der Waals surface area (Å²) in [6, 6.07) is -0.380. The number of hydrogen-bond acceptors (Lipinski definition) is 4. The van der Waals surface area contributed by atoms with Crippen molar-refractivity contribution < 1.29 is 9.59 Å². The highest BCUT2D eigenvalue weighted by Gasteiger charge is 2.34. The topological polar surface area (TPSA) is 74.8 Å². The zero-order valence-electron chi connectivity index (χ0n) is 13.7. The molecule has 5 nitrogen and oxygen atoms in total. The molecule has 0 aliphatic rings. The molecule has 1 heterocycles. The third-order valence-corrected chi connectivity index (χ3v) is 4.40. The average Bonchev–Trinajstić information content (AvgIpc) is 2.97. The number of aromatic amines is 1. The van der Waals surface area contributed by atoms with Crippen LogP contribution in [0.5, 0.6) is 0 Å². The fourth-order valence-corrected chi connectivity index (χ4v) is 2.22. The third-order valence-electron chi connectivity index (χ3n) is 4.40. The Morgan fingerprint density at radius 3 is 2.52 bits per heavy atom. The molecular weight excluding hydrogens is 266 g/mol. The Hall–Kier alpha value is -1.49. The van der Waals surface area contributed by atoms with Gasteiger partial charge in [-0.3, -0.25) is 14.9 Å². The van der Waals surface area contributed by atoms with E-state index in [0.717, 1.165) is 12.1 Å². The Morgan fingerprint density at radius 2 is 2.10 bits per heavy atom. The molecule has 0 aliphatic heterocycles. The molecule has 2 N–H and O–H groups in total. The summed E-state index contributed by atoms with van der Waals surface area (Å²) in [6.07, 6.45) is 5.28. The Kier molecular flexibility index (Phi) is 6.27. The summed E-state index contributed by atoms with van der Waals surface area (Å²) >= 11 is 0. The first-order valence-corrected chi connectivity index (χ1v) is 7.63. The zero-order chi connectivity index (χ0) is 16.0. The first-order valence-electron chi connectivity index (χ1n) is 7.63. The van der Waals surface area contributed by atoms with Crippen molar-refractivity contribution in [3.63, 3.8) is 0 Å². The number of H-pyrrole nitrogens is 1. The van der Waals surface area contributed by atoms with Gasteiger partial charge >= 0.3 is 0 Å². The van der Waals surface area contributed by atoms with Crippen LogP contribution in [0, 0.1) is 5.92 Å². The van der Waals surface area contributed by atoms with Gasteiger partial charge < -0.3 is 4.98 Å². The van der Waals surface area contributed by atoms with Crippen LogP contribution in [0.15, 0.2) is 12.5 Å². The Labute approximate surface area is 126 Å². The predicted molar refractivity (Wildman–Crippen MR) is 83.1 cm³/mol. The molecular formula is C16H27N3O2. The van der Waals surface area contributed by atoms with Crippen LogP contribution in [-0.4, -0.2) is 33.1 Å². The lowest BCUT2D eigenvalue weighted by Crippen LogP contribution is -2.56. The standard InChI is InChI=1S/C16H27N3O2/c1-6-11(3)15(21)14(8-13-9-17-10-18-13)19-16(5,7-2)12(4)20/h9-11,14,19H,6-8H2,1-5H3,(H,17,18)/t11?,14?,16-/m0/s1. The summed E-state index contributed by atoms with van der Waals surface area (Å²) in [4.78, 5) is 31.5. The average molecular weight is 293 g/mol. The number of Topliss-reactive ketones (excluding diaryl/α,β-unsaturated/α-hetero) is 2. The summed E-state index contributed by atoms with van der Waals surface area (Å²) in [7, 11) is 0. The number of imidazole rings is 1. The lowest BCUT2D eigenvalue weighted by molar-refractivity contribution is -0.127. The number of ketones is 2. The summed E-state index contributed by atoms with van der Waals surface area (Å²) < 4.78 is 0. The second kappa shape index (κ2) is 7.50. The van der Waals surface area contributed by atoms with E-state index in [-0.39, 0.29) is 23.5 Å². The highest BCUT2D eigenvalue weighted by Crippen LogP contribution is 2.16. The van der Waals surface area contributed by atoms with Crippen LogP contribution in [0.25, 0.3) is 0 Å². The molecule has 0 radical (unpaired) electrons. The van der Waals surface area contributed by atoms with Gasteiger partial charge in [0.15, 0.2) is 5.78 Å². The Balaban J connectivity index is 2.96. The fraction of sp³-hybridized carbons (Fsp3) is 0.688. The maximum absolute atomic E-state index is 12.6. The van der Waals surface area contributed by atoms with Crippen LogP contribution in [0.4, 0.5) is 0 Å². The first kappa shape index (κ1) is 17.6. The maximum atomic E-state index is 12.6. The Morgan fingerprint density at radius 1 is 1.43 bits per heavy atom. The van der Waals surface area contributed by atoms with Crippen LogP contribution in [0.3, 0.4) is 0 Å². The van der Waals surface area contributed by atoms with Crippen molar-refractivity contribution in [1.29, 1.82) is 0 Å². The van der Waals surface area contributed by atoms with E-state index < -0.39 is 5.54 Å². The van der Waals surface area contributed by atoms with Crippen LogP contribution < -0.4 is 5.32 Å². The molecule has 2 unspecified atom stereocenters. The molecule has 0 spiro atoms. The molecule has 0 aromatic carbocycles. The molecule has 21 heavy (non-hydrogen) atoms. The highest BCUT2D eigenvalue weighted by atomic mass is 16.1. The smallest absolute Gasteiger partial charge is 0.152 e. The predicted octanol–water partition coefficient (Wildman–Crippen LogP) is 2.28. The third kappa shape index (κ3) is 4.49. The van der Waals surface area contributed by atoms with Gasteiger partial charge in [0.1, 0.15) is 5.78 Å². The highest BCUT2D eigenvalue weighted by molar-refractivity contribution is 5.89. The van der Waals surface area contributed by atoms with Crippen molar-refractivity contribution in [2.45, 2.75) is 65.5 Å². The van der Waals surface area contributed by atoms with Gasteiger partial charge in [-0.25, -0.2) is 4.98 Å². The number of nitrogens with one attached hydrogen (secondary N) is 2. The van der Waals surface area contributed by atoms with Crippen LogP contribution in [0.1, 0.15) is 53.2 Å². The zero-order valence-corrected chi connectivity index (χ0v) is 13.7. The minimum absolute atomic E-state index is 0.0292. The number of carbonyl (C=O) groups excluding carboxylic acids is 2. The molecule has 5 heteroatoms. The van der Waals surface area contributed by atoms with Crippen LogP contribution in [-0.2, 0) is 16.0 Å². The van der Waals surface area contributed by atoms with E-state index in [9.17, 15) is 9.59 Å². The molecule has 118 valence electrons. The van der Waals surface area contributed by atoms with Crippen molar-refractivity contribution in [3.05, 3.63) is 18.2 Å². The molecule has 0 fully saturated rings. The molecule has 0 saturated carbocycles. The van der Waals surface area contributed by atoms with E-state index in [1.54, 1.807) is 19.4 Å². The molecule has 0 amide bonds. The van der Waals surface area contributed by atoms with Crippen molar-refractivity contribution in [2.24, 2.45) is 5.92 Å². The number of rotatable bonds is 9. The van der Waals surface area contributed by atoms with E-state index in [2.05, 4.69) is 15.3 Å². The lowest BCUT2D eigenvalue weighted by Gasteiger charge is -2.32. The van der Waals surface area contributed by atoms with Gasteiger partial charge in [0.05, 0.1) is 17.9 Å².